The molecule has 0 fully saturated rings. The van der Waals surface area contributed by atoms with Crippen LogP contribution in [0, 0.1) is 0 Å². The SMILES string of the molecule is CC(=O)ON=C/C=C/c1ccccc1. The number of carbonyl (C=O) groups excluding carboxylic acids is 1. The minimum absolute atomic E-state index is 0.422. The van der Waals surface area contributed by atoms with Crippen LogP contribution in [0.4, 0.5) is 0 Å². The smallest absolute Gasteiger partial charge is 0.319 e. The highest BCUT2D eigenvalue weighted by Crippen LogP contribution is 1.99. The van der Waals surface area contributed by atoms with E-state index in [0.29, 0.717) is 0 Å². The summed E-state index contributed by atoms with van der Waals surface area (Å²) in [6.45, 7) is 1.30. The lowest BCUT2D eigenvalue weighted by molar-refractivity contribution is -0.140. The van der Waals surface area contributed by atoms with E-state index in [1.165, 1.54) is 13.1 Å². The molecule has 0 amide bonds. The van der Waals surface area contributed by atoms with Crippen LogP contribution in [0.3, 0.4) is 0 Å². The van der Waals surface area contributed by atoms with Crippen molar-refractivity contribution in [1.82, 2.24) is 0 Å². The molecule has 3 heteroatoms. The first-order valence-corrected chi connectivity index (χ1v) is 4.22. The molecule has 0 bridgehead atoms. The molecule has 0 saturated heterocycles. The molecule has 0 spiro atoms. The van der Waals surface area contributed by atoms with Crippen molar-refractivity contribution in [3.05, 3.63) is 42.0 Å². The minimum Gasteiger partial charge on any atom is -0.319 e. The van der Waals surface area contributed by atoms with Crippen LogP contribution in [-0.2, 0) is 9.63 Å². The van der Waals surface area contributed by atoms with E-state index in [4.69, 9.17) is 0 Å². The first-order valence-electron chi connectivity index (χ1n) is 4.22. The maximum Gasteiger partial charge on any atom is 0.331 e. The predicted molar refractivity (Wildman–Crippen MR) is 55.7 cm³/mol. The second-order valence-corrected chi connectivity index (χ2v) is 2.61. The molecule has 0 N–H and O–H groups in total. The molecular weight excluding hydrogens is 178 g/mol. The zero-order valence-electron chi connectivity index (χ0n) is 7.88. The first kappa shape index (κ1) is 10.2. The Labute approximate surface area is 82.7 Å². The van der Waals surface area contributed by atoms with Crippen LogP contribution in [0.15, 0.2) is 41.6 Å². The van der Waals surface area contributed by atoms with E-state index in [-0.39, 0.29) is 0 Å². The topological polar surface area (TPSA) is 38.7 Å². The lowest BCUT2D eigenvalue weighted by atomic mass is 10.2. The third-order valence-corrected chi connectivity index (χ3v) is 1.42. The Morgan fingerprint density at radius 3 is 2.71 bits per heavy atom. The summed E-state index contributed by atoms with van der Waals surface area (Å²) in [5.41, 5.74) is 1.07. The summed E-state index contributed by atoms with van der Waals surface area (Å²) < 4.78 is 0. The van der Waals surface area contributed by atoms with E-state index in [1.54, 1.807) is 6.08 Å². The van der Waals surface area contributed by atoms with Gasteiger partial charge in [0.05, 0.1) is 6.21 Å². The first-order chi connectivity index (χ1) is 6.79. The lowest BCUT2D eigenvalue weighted by Crippen LogP contribution is -1.89. The van der Waals surface area contributed by atoms with Crippen molar-refractivity contribution in [2.75, 3.05) is 0 Å². The number of rotatable bonds is 3. The van der Waals surface area contributed by atoms with Crippen molar-refractivity contribution in [2.45, 2.75) is 6.92 Å². The van der Waals surface area contributed by atoms with Crippen molar-refractivity contribution in [1.29, 1.82) is 0 Å². The summed E-state index contributed by atoms with van der Waals surface area (Å²) in [5, 5.41) is 3.42. The molecule has 0 radical (unpaired) electrons. The van der Waals surface area contributed by atoms with Gasteiger partial charge in [0.25, 0.3) is 0 Å². The van der Waals surface area contributed by atoms with Crippen LogP contribution in [0.25, 0.3) is 6.08 Å². The van der Waals surface area contributed by atoms with Gasteiger partial charge in [0.2, 0.25) is 0 Å². The quantitative estimate of drug-likeness (QED) is 0.415. The van der Waals surface area contributed by atoms with Crippen molar-refractivity contribution in [2.24, 2.45) is 5.16 Å². The summed E-state index contributed by atoms with van der Waals surface area (Å²) >= 11 is 0. The maximum atomic E-state index is 10.3. The highest BCUT2D eigenvalue weighted by Gasteiger charge is 1.84. The Hall–Kier alpha value is -1.90. The van der Waals surface area contributed by atoms with Crippen LogP contribution in [0.2, 0.25) is 0 Å². The molecule has 1 aromatic carbocycles. The zero-order chi connectivity index (χ0) is 10.2. The molecule has 1 aromatic rings. The van der Waals surface area contributed by atoms with Crippen LogP contribution in [-0.4, -0.2) is 12.2 Å². The van der Waals surface area contributed by atoms with Gasteiger partial charge in [0.1, 0.15) is 0 Å². The number of hydrogen-bond donors (Lipinski definition) is 0. The normalized spacial score (nSPS) is 10.9. The van der Waals surface area contributed by atoms with Crippen molar-refractivity contribution < 1.29 is 9.63 Å². The molecule has 1 rings (SSSR count). The molecule has 0 aliphatic rings. The van der Waals surface area contributed by atoms with Gasteiger partial charge in [-0.2, -0.15) is 0 Å². The van der Waals surface area contributed by atoms with E-state index < -0.39 is 5.97 Å². The molecule has 0 aliphatic heterocycles. The second-order valence-electron chi connectivity index (χ2n) is 2.61. The molecule has 3 nitrogen and oxygen atoms in total. The average molecular weight is 189 g/mol. The summed E-state index contributed by atoms with van der Waals surface area (Å²) in [6, 6.07) is 9.78. The zero-order valence-corrected chi connectivity index (χ0v) is 7.88. The number of oxime groups is 1. The Morgan fingerprint density at radius 1 is 1.36 bits per heavy atom. The fourth-order valence-electron chi connectivity index (χ4n) is 0.858. The summed E-state index contributed by atoms with van der Waals surface area (Å²) in [5.74, 6) is -0.422. The molecule has 0 saturated carbocycles. The largest absolute Gasteiger partial charge is 0.331 e. The van der Waals surface area contributed by atoms with Crippen molar-refractivity contribution in [3.63, 3.8) is 0 Å². The van der Waals surface area contributed by atoms with Gasteiger partial charge < -0.3 is 4.84 Å². The average Bonchev–Trinajstić information content (AvgIpc) is 2.18. The molecule has 0 unspecified atom stereocenters. The van der Waals surface area contributed by atoms with E-state index in [1.807, 2.05) is 36.4 Å². The molecule has 72 valence electrons. The number of allylic oxidation sites excluding steroid dienone is 1. The molecular formula is C11H11NO2. The Kier molecular flexibility index (Phi) is 4.14. The third-order valence-electron chi connectivity index (χ3n) is 1.42. The van der Waals surface area contributed by atoms with Gasteiger partial charge >= 0.3 is 5.97 Å². The standard InChI is InChI=1S/C11H11NO2/c1-10(13)14-12-9-5-8-11-6-3-2-4-7-11/h2-9H,1H3/b8-5+,12-9?. The summed E-state index contributed by atoms with van der Waals surface area (Å²) in [7, 11) is 0. The highest BCUT2D eigenvalue weighted by molar-refractivity contribution is 5.78. The van der Waals surface area contributed by atoms with Crippen LogP contribution in [0.5, 0.6) is 0 Å². The van der Waals surface area contributed by atoms with Crippen molar-refractivity contribution >= 4 is 18.3 Å². The van der Waals surface area contributed by atoms with Gasteiger partial charge in [-0.15, -0.1) is 0 Å². The van der Waals surface area contributed by atoms with E-state index >= 15 is 0 Å². The fraction of sp³-hybridized carbons (Fsp3) is 0.0909. The number of carbonyl (C=O) groups is 1. The van der Waals surface area contributed by atoms with Gasteiger partial charge in [0, 0.05) is 6.92 Å². The highest BCUT2D eigenvalue weighted by atomic mass is 16.7. The Morgan fingerprint density at radius 2 is 2.07 bits per heavy atom. The van der Waals surface area contributed by atoms with Crippen LogP contribution in [0.1, 0.15) is 12.5 Å². The number of benzene rings is 1. The summed E-state index contributed by atoms with van der Waals surface area (Å²) in [4.78, 5) is 14.7. The van der Waals surface area contributed by atoms with Gasteiger partial charge in [0.15, 0.2) is 0 Å². The molecule has 0 aliphatic carbocycles. The summed E-state index contributed by atoms with van der Waals surface area (Å²) in [6.07, 6.45) is 5.00. The molecule has 14 heavy (non-hydrogen) atoms. The fourth-order valence-corrected chi connectivity index (χ4v) is 0.858. The van der Waals surface area contributed by atoms with Gasteiger partial charge in [-0.3, -0.25) is 0 Å². The van der Waals surface area contributed by atoms with E-state index in [9.17, 15) is 4.79 Å². The third kappa shape index (κ3) is 4.21. The number of hydrogen-bond acceptors (Lipinski definition) is 3. The van der Waals surface area contributed by atoms with Crippen molar-refractivity contribution in [3.8, 4) is 0 Å². The second kappa shape index (κ2) is 5.70. The maximum absolute atomic E-state index is 10.3. The van der Waals surface area contributed by atoms with E-state index in [2.05, 4.69) is 9.99 Å². The number of nitrogens with zero attached hydrogens (tertiary/aromatic N) is 1. The minimum atomic E-state index is -0.422. The van der Waals surface area contributed by atoms with Gasteiger partial charge in [-0.1, -0.05) is 41.6 Å². The van der Waals surface area contributed by atoms with Crippen LogP contribution < -0.4 is 0 Å². The van der Waals surface area contributed by atoms with Crippen LogP contribution >= 0.6 is 0 Å². The van der Waals surface area contributed by atoms with Gasteiger partial charge in [-0.05, 0) is 11.6 Å². The monoisotopic (exact) mass is 189 g/mol. The molecule has 0 aromatic heterocycles. The van der Waals surface area contributed by atoms with E-state index in [0.717, 1.165) is 5.56 Å². The molecule has 0 heterocycles. The lowest BCUT2D eigenvalue weighted by Gasteiger charge is -1.88. The predicted octanol–water partition coefficient (Wildman–Crippen LogP) is 2.25. The van der Waals surface area contributed by atoms with Gasteiger partial charge in [-0.25, -0.2) is 4.79 Å². The Bertz CT molecular complexity index is 342. The molecule has 0 atom stereocenters. The Balaban J connectivity index is 2.42.